The number of carbonyl (C=O) groups is 1. The summed E-state index contributed by atoms with van der Waals surface area (Å²) in [6, 6.07) is 12.8. The molecular weight excluding hydrogens is 410 g/mol. The molecule has 2 N–H and O–H groups in total. The Labute approximate surface area is 198 Å². The maximum atomic E-state index is 12.4. The van der Waals surface area contributed by atoms with Gasteiger partial charge in [0.2, 0.25) is 0 Å². The minimum Gasteiger partial charge on any atom is -0.487 e. The zero-order valence-corrected chi connectivity index (χ0v) is 20.4. The van der Waals surface area contributed by atoms with Gasteiger partial charge in [-0.25, -0.2) is 4.79 Å². The van der Waals surface area contributed by atoms with E-state index in [9.17, 15) is 4.79 Å². The van der Waals surface area contributed by atoms with Gasteiger partial charge in [-0.05, 0) is 86.8 Å². The van der Waals surface area contributed by atoms with Gasteiger partial charge in [-0.3, -0.25) is 0 Å². The van der Waals surface area contributed by atoms with E-state index < -0.39 is 0 Å². The molecule has 2 atom stereocenters. The number of rotatable bonds is 7. The van der Waals surface area contributed by atoms with Gasteiger partial charge in [-0.15, -0.1) is 0 Å². The molecule has 0 radical (unpaired) electrons. The third kappa shape index (κ3) is 4.95. The Morgan fingerprint density at radius 1 is 1.15 bits per heavy atom. The van der Waals surface area contributed by atoms with E-state index in [1.807, 2.05) is 12.1 Å². The molecule has 4 rings (SSSR count). The standard InChI is InChI=1S/C29H37NO3/c1-5-6-7-8-20-16-22(15-19-9-12-23(30)13-10-19)27-24-18-21(28(31)32-4)11-14-25(24)29(2,3)33-26(27)17-20/h9-13,16-17,24-25H,5-8,14-15,18,30H2,1-4H3/t24-,25-/m1/s1. The Bertz CT molecular complexity index is 1040. The smallest absolute Gasteiger partial charge is 0.333 e. The van der Waals surface area contributed by atoms with Crippen molar-refractivity contribution in [1.82, 2.24) is 0 Å². The molecular formula is C29H37NO3. The van der Waals surface area contributed by atoms with Crippen molar-refractivity contribution in [2.45, 2.75) is 77.2 Å². The van der Waals surface area contributed by atoms with E-state index in [4.69, 9.17) is 15.2 Å². The fourth-order valence-electron chi connectivity index (χ4n) is 5.60. The summed E-state index contributed by atoms with van der Waals surface area (Å²) in [4.78, 5) is 12.4. The van der Waals surface area contributed by atoms with Gasteiger partial charge in [-0.1, -0.05) is 44.0 Å². The second-order valence-corrected chi connectivity index (χ2v) is 10.1. The van der Waals surface area contributed by atoms with Crippen LogP contribution in [0.25, 0.3) is 0 Å². The van der Waals surface area contributed by atoms with E-state index >= 15 is 0 Å². The van der Waals surface area contributed by atoms with Crippen molar-refractivity contribution in [1.29, 1.82) is 0 Å². The number of carbonyl (C=O) groups excluding carboxylic acids is 1. The first-order chi connectivity index (χ1) is 15.8. The zero-order chi connectivity index (χ0) is 23.6. The molecule has 33 heavy (non-hydrogen) atoms. The minimum absolute atomic E-state index is 0.212. The highest BCUT2D eigenvalue weighted by Crippen LogP contribution is 2.53. The first kappa shape index (κ1) is 23.4. The number of fused-ring (bicyclic) bond motifs is 3. The monoisotopic (exact) mass is 447 g/mol. The van der Waals surface area contributed by atoms with Crippen LogP contribution in [0.4, 0.5) is 5.69 Å². The first-order valence-corrected chi connectivity index (χ1v) is 12.3. The van der Waals surface area contributed by atoms with Crippen LogP contribution < -0.4 is 10.5 Å². The maximum Gasteiger partial charge on any atom is 0.333 e. The molecule has 176 valence electrons. The summed E-state index contributed by atoms with van der Waals surface area (Å²) in [5.41, 5.74) is 12.3. The van der Waals surface area contributed by atoms with Crippen molar-refractivity contribution < 1.29 is 14.3 Å². The number of nitrogens with two attached hydrogens (primary N) is 1. The fourth-order valence-corrected chi connectivity index (χ4v) is 5.60. The summed E-state index contributed by atoms with van der Waals surface area (Å²) in [6.45, 7) is 6.61. The van der Waals surface area contributed by atoms with Crippen LogP contribution in [0.5, 0.6) is 5.75 Å². The first-order valence-electron chi connectivity index (χ1n) is 12.3. The Balaban J connectivity index is 1.78. The maximum absolute atomic E-state index is 12.4. The van der Waals surface area contributed by atoms with E-state index in [0.29, 0.717) is 12.3 Å². The Kier molecular flexibility index (Phi) is 6.83. The van der Waals surface area contributed by atoms with Crippen LogP contribution >= 0.6 is 0 Å². The van der Waals surface area contributed by atoms with Crippen molar-refractivity contribution in [3.63, 3.8) is 0 Å². The summed E-state index contributed by atoms with van der Waals surface area (Å²) < 4.78 is 11.8. The molecule has 2 aliphatic rings. The number of methoxy groups -OCH3 is 1. The van der Waals surface area contributed by atoms with Crippen molar-refractivity contribution in [3.8, 4) is 5.75 Å². The molecule has 0 amide bonds. The molecule has 0 fully saturated rings. The van der Waals surface area contributed by atoms with Crippen molar-refractivity contribution in [2.75, 3.05) is 12.8 Å². The highest BCUT2D eigenvalue weighted by Gasteiger charge is 2.46. The predicted octanol–water partition coefficient (Wildman–Crippen LogP) is 6.36. The topological polar surface area (TPSA) is 61.5 Å². The SMILES string of the molecule is CCCCCc1cc(Cc2ccc(N)cc2)c2c(c1)OC(C)(C)[C@@H]1CC=C(C(=O)OC)C[C@@H]21. The van der Waals surface area contributed by atoms with E-state index in [1.165, 1.54) is 48.6 Å². The molecule has 0 bridgehead atoms. The van der Waals surface area contributed by atoms with Crippen LogP contribution in [-0.2, 0) is 22.4 Å². The molecule has 4 nitrogen and oxygen atoms in total. The van der Waals surface area contributed by atoms with Gasteiger partial charge in [0.1, 0.15) is 11.4 Å². The Hall–Kier alpha value is -2.75. The molecule has 4 heteroatoms. The highest BCUT2D eigenvalue weighted by atomic mass is 16.5. The predicted molar refractivity (Wildman–Crippen MR) is 134 cm³/mol. The van der Waals surface area contributed by atoms with Crippen LogP contribution in [0.1, 0.15) is 81.0 Å². The van der Waals surface area contributed by atoms with Gasteiger partial charge in [0, 0.05) is 22.7 Å². The molecule has 0 saturated carbocycles. The summed E-state index contributed by atoms with van der Waals surface area (Å²) in [6.07, 6.45) is 9.08. The molecule has 1 aliphatic carbocycles. The summed E-state index contributed by atoms with van der Waals surface area (Å²) in [7, 11) is 1.46. The van der Waals surface area contributed by atoms with E-state index in [0.717, 1.165) is 36.3 Å². The Morgan fingerprint density at radius 2 is 1.91 bits per heavy atom. The second-order valence-electron chi connectivity index (χ2n) is 10.1. The molecule has 0 spiro atoms. The second kappa shape index (κ2) is 9.62. The molecule has 1 heterocycles. The largest absolute Gasteiger partial charge is 0.487 e. The third-order valence-electron chi connectivity index (χ3n) is 7.36. The van der Waals surface area contributed by atoms with Crippen LogP contribution in [0.2, 0.25) is 0 Å². The lowest BCUT2D eigenvalue weighted by Gasteiger charge is -2.47. The molecule has 2 aromatic carbocycles. The number of nitrogen functional groups attached to an aromatic ring is 1. The van der Waals surface area contributed by atoms with E-state index in [-0.39, 0.29) is 17.5 Å². The van der Waals surface area contributed by atoms with Crippen LogP contribution in [0.3, 0.4) is 0 Å². The summed E-state index contributed by atoms with van der Waals surface area (Å²) in [5, 5.41) is 0. The lowest BCUT2D eigenvalue weighted by atomic mass is 9.66. The third-order valence-corrected chi connectivity index (χ3v) is 7.36. The zero-order valence-electron chi connectivity index (χ0n) is 20.4. The number of hydrogen-bond donors (Lipinski definition) is 1. The molecule has 0 unspecified atom stereocenters. The summed E-state index contributed by atoms with van der Waals surface area (Å²) in [5.74, 6) is 1.33. The number of unbranched alkanes of at least 4 members (excludes halogenated alkanes) is 2. The van der Waals surface area contributed by atoms with Crippen molar-refractivity contribution in [2.24, 2.45) is 5.92 Å². The van der Waals surface area contributed by atoms with Crippen molar-refractivity contribution >= 4 is 11.7 Å². The van der Waals surface area contributed by atoms with Crippen LogP contribution in [0.15, 0.2) is 48.0 Å². The lowest BCUT2D eigenvalue weighted by Crippen LogP contribution is -2.46. The molecule has 1 aliphatic heterocycles. The Morgan fingerprint density at radius 3 is 2.61 bits per heavy atom. The van der Waals surface area contributed by atoms with Crippen LogP contribution in [0, 0.1) is 5.92 Å². The fraction of sp³-hybridized carbons (Fsp3) is 0.483. The van der Waals surface area contributed by atoms with Gasteiger partial charge in [0.05, 0.1) is 7.11 Å². The molecule has 2 aromatic rings. The molecule has 0 aromatic heterocycles. The summed E-state index contributed by atoms with van der Waals surface area (Å²) >= 11 is 0. The van der Waals surface area contributed by atoms with Gasteiger partial charge in [0.15, 0.2) is 0 Å². The van der Waals surface area contributed by atoms with Gasteiger partial charge in [-0.2, -0.15) is 0 Å². The number of ether oxygens (including phenoxy) is 2. The van der Waals surface area contributed by atoms with Gasteiger partial charge < -0.3 is 15.2 Å². The number of aryl methyl sites for hydroxylation is 1. The van der Waals surface area contributed by atoms with Crippen molar-refractivity contribution in [3.05, 3.63) is 70.3 Å². The van der Waals surface area contributed by atoms with Crippen LogP contribution in [-0.4, -0.2) is 18.7 Å². The lowest BCUT2D eigenvalue weighted by molar-refractivity contribution is -0.136. The van der Waals surface area contributed by atoms with E-state index in [2.05, 4.69) is 51.1 Å². The quantitative estimate of drug-likeness (QED) is 0.305. The number of anilines is 1. The number of hydrogen-bond acceptors (Lipinski definition) is 4. The number of esters is 1. The average Bonchev–Trinajstić information content (AvgIpc) is 2.79. The number of allylic oxidation sites excluding steroid dienone is 1. The number of benzene rings is 2. The molecule has 0 saturated heterocycles. The van der Waals surface area contributed by atoms with E-state index in [1.54, 1.807) is 0 Å². The minimum atomic E-state index is -0.295. The average molecular weight is 448 g/mol. The highest BCUT2D eigenvalue weighted by molar-refractivity contribution is 5.88. The van der Waals surface area contributed by atoms with Gasteiger partial charge in [0.25, 0.3) is 0 Å². The van der Waals surface area contributed by atoms with Gasteiger partial charge >= 0.3 is 5.97 Å². The normalized spacial score (nSPS) is 20.8.